The van der Waals surface area contributed by atoms with Gasteiger partial charge >= 0.3 is 0 Å². The number of amides is 1. The first-order valence-corrected chi connectivity index (χ1v) is 12.9. The lowest BCUT2D eigenvalue weighted by Crippen LogP contribution is -2.38. The molecule has 196 valence electrons. The summed E-state index contributed by atoms with van der Waals surface area (Å²) in [5, 5.41) is 14.5. The number of ether oxygens (including phenoxy) is 2. The van der Waals surface area contributed by atoms with Crippen LogP contribution in [0.15, 0.2) is 66.9 Å². The van der Waals surface area contributed by atoms with Crippen LogP contribution in [0.4, 0.5) is 11.5 Å². The second-order valence-corrected chi connectivity index (χ2v) is 9.63. The van der Waals surface area contributed by atoms with Gasteiger partial charge in [-0.25, -0.2) is 4.98 Å². The summed E-state index contributed by atoms with van der Waals surface area (Å²) >= 11 is 11.7. The molecule has 1 unspecified atom stereocenters. The van der Waals surface area contributed by atoms with Gasteiger partial charge in [0.1, 0.15) is 30.0 Å². The van der Waals surface area contributed by atoms with E-state index >= 15 is 0 Å². The molecule has 1 saturated heterocycles. The van der Waals surface area contributed by atoms with E-state index in [0.717, 1.165) is 38.4 Å². The van der Waals surface area contributed by atoms with E-state index in [9.17, 15) is 9.90 Å². The average molecular weight is 545 g/mol. The van der Waals surface area contributed by atoms with Crippen molar-refractivity contribution in [3.8, 4) is 11.5 Å². The summed E-state index contributed by atoms with van der Waals surface area (Å²) in [6, 6.07) is 17.7. The second kappa shape index (κ2) is 13.5. The first-order valence-electron chi connectivity index (χ1n) is 12.1. The van der Waals surface area contributed by atoms with Gasteiger partial charge in [-0.1, -0.05) is 23.2 Å². The van der Waals surface area contributed by atoms with Gasteiger partial charge in [0.15, 0.2) is 6.61 Å². The van der Waals surface area contributed by atoms with Crippen molar-refractivity contribution in [2.24, 2.45) is 0 Å². The first-order chi connectivity index (χ1) is 17.9. The van der Waals surface area contributed by atoms with Gasteiger partial charge in [0, 0.05) is 36.2 Å². The average Bonchev–Trinajstić information content (AvgIpc) is 3.14. The maximum atomic E-state index is 12.2. The van der Waals surface area contributed by atoms with Gasteiger partial charge in [0.2, 0.25) is 0 Å². The van der Waals surface area contributed by atoms with E-state index in [1.165, 1.54) is 0 Å². The van der Waals surface area contributed by atoms with Crippen molar-refractivity contribution in [3.05, 3.63) is 76.9 Å². The van der Waals surface area contributed by atoms with Crippen LogP contribution in [-0.2, 0) is 4.79 Å². The molecule has 8 nitrogen and oxygen atoms in total. The number of hydrogen-bond donors (Lipinski definition) is 2. The summed E-state index contributed by atoms with van der Waals surface area (Å²) in [5.41, 5.74) is 0.605. The molecule has 2 aromatic carbocycles. The minimum atomic E-state index is -0.591. The van der Waals surface area contributed by atoms with Crippen LogP contribution in [-0.4, -0.2) is 72.9 Å². The molecule has 1 aromatic heterocycles. The number of rotatable bonds is 10. The van der Waals surface area contributed by atoms with E-state index in [1.54, 1.807) is 54.7 Å². The normalized spacial score (nSPS) is 15.1. The summed E-state index contributed by atoms with van der Waals surface area (Å²) in [7, 11) is 0. The number of benzene rings is 2. The van der Waals surface area contributed by atoms with Crippen LogP contribution in [0.1, 0.15) is 6.42 Å². The molecule has 3 aromatic rings. The van der Waals surface area contributed by atoms with Crippen molar-refractivity contribution in [3.63, 3.8) is 0 Å². The van der Waals surface area contributed by atoms with Crippen LogP contribution in [0.25, 0.3) is 0 Å². The van der Waals surface area contributed by atoms with Gasteiger partial charge in [-0.15, -0.1) is 0 Å². The fraction of sp³-hybridized carbons (Fsp3) is 0.333. The lowest BCUT2D eigenvalue weighted by Gasteiger charge is -2.24. The number of halogens is 2. The van der Waals surface area contributed by atoms with Crippen molar-refractivity contribution in [2.75, 3.05) is 56.2 Å². The summed E-state index contributed by atoms with van der Waals surface area (Å²) in [4.78, 5) is 21.2. The fourth-order valence-electron chi connectivity index (χ4n) is 3.98. The van der Waals surface area contributed by atoms with Crippen LogP contribution in [0.2, 0.25) is 10.0 Å². The van der Waals surface area contributed by atoms with Crippen LogP contribution >= 0.6 is 23.2 Å². The fourth-order valence-corrected chi connectivity index (χ4v) is 4.23. The number of hydrogen-bond acceptors (Lipinski definition) is 7. The standard InChI is InChI=1S/C27H30Cl2N4O4/c28-20-2-7-24(8-3-20)36-18-23(34)17-32-12-1-13-33(15-14-32)26-11-6-22(16-30-26)31-27(35)19-37-25-9-4-21(29)5-10-25/h2-11,16,23,34H,1,12-15,17-19H2,(H,31,35). The van der Waals surface area contributed by atoms with Crippen LogP contribution in [0.3, 0.4) is 0 Å². The highest BCUT2D eigenvalue weighted by Gasteiger charge is 2.19. The van der Waals surface area contributed by atoms with Gasteiger partial charge in [-0.3, -0.25) is 9.69 Å². The van der Waals surface area contributed by atoms with E-state index in [1.807, 2.05) is 12.1 Å². The molecule has 2 heterocycles. The largest absolute Gasteiger partial charge is 0.491 e. The molecule has 1 aliphatic rings. The van der Waals surface area contributed by atoms with Crippen molar-refractivity contribution in [1.29, 1.82) is 0 Å². The Morgan fingerprint density at radius 2 is 1.59 bits per heavy atom. The number of carbonyl (C=O) groups excluding carboxylic acids is 1. The Hall–Kier alpha value is -3.04. The summed E-state index contributed by atoms with van der Waals surface area (Å²) < 4.78 is 11.1. The van der Waals surface area contributed by atoms with E-state index in [-0.39, 0.29) is 19.1 Å². The quantitative estimate of drug-likeness (QED) is 0.392. The number of β-amino-alcohol motifs (C(OH)–C–C–N with tert-alkyl or cyclic N) is 1. The zero-order valence-corrected chi connectivity index (χ0v) is 21.9. The molecule has 0 aliphatic carbocycles. The van der Waals surface area contributed by atoms with Crippen molar-refractivity contribution in [2.45, 2.75) is 12.5 Å². The van der Waals surface area contributed by atoms with Gasteiger partial charge in [0.05, 0.1) is 11.9 Å². The van der Waals surface area contributed by atoms with E-state index < -0.39 is 6.10 Å². The predicted molar refractivity (Wildman–Crippen MR) is 146 cm³/mol. The smallest absolute Gasteiger partial charge is 0.262 e. The lowest BCUT2D eigenvalue weighted by molar-refractivity contribution is -0.118. The van der Waals surface area contributed by atoms with E-state index in [2.05, 4.69) is 20.1 Å². The SMILES string of the molecule is O=C(COc1ccc(Cl)cc1)Nc1ccc(N2CCCN(CC(O)COc3ccc(Cl)cc3)CC2)nc1. The molecule has 37 heavy (non-hydrogen) atoms. The number of pyridine rings is 1. The van der Waals surface area contributed by atoms with Crippen LogP contribution in [0, 0.1) is 0 Å². The summed E-state index contributed by atoms with van der Waals surface area (Å²) in [6.45, 7) is 4.00. The Morgan fingerprint density at radius 3 is 2.24 bits per heavy atom. The second-order valence-electron chi connectivity index (χ2n) is 8.76. The number of nitrogens with one attached hydrogen (secondary N) is 1. The zero-order chi connectivity index (χ0) is 26.0. The van der Waals surface area contributed by atoms with E-state index in [0.29, 0.717) is 33.8 Å². The third kappa shape index (κ3) is 8.79. The van der Waals surface area contributed by atoms with Crippen molar-refractivity contribution < 1.29 is 19.4 Å². The molecule has 0 saturated carbocycles. The Bertz CT molecular complexity index is 1130. The third-order valence-corrected chi connectivity index (χ3v) is 6.36. The first kappa shape index (κ1) is 27.0. The summed E-state index contributed by atoms with van der Waals surface area (Å²) in [5.74, 6) is 1.84. The Balaban J connectivity index is 1.19. The topological polar surface area (TPSA) is 87.2 Å². The Kier molecular flexibility index (Phi) is 9.85. The Morgan fingerprint density at radius 1 is 0.919 bits per heavy atom. The lowest BCUT2D eigenvalue weighted by atomic mass is 10.3. The molecule has 10 heteroatoms. The Labute approximate surface area is 226 Å². The molecule has 0 radical (unpaired) electrons. The molecular formula is C27H30Cl2N4O4. The predicted octanol–water partition coefficient (Wildman–Crippen LogP) is 4.36. The van der Waals surface area contributed by atoms with Gasteiger partial charge in [0.25, 0.3) is 5.91 Å². The molecule has 1 atom stereocenters. The minimum Gasteiger partial charge on any atom is -0.491 e. The van der Waals surface area contributed by atoms with Gasteiger partial charge in [-0.05, 0) is 73.6 Å². The van der Waals surface area contributed by atoms with Crippen LogP contribution < -0.4 is 19.7 Å². The van der Waals surface area contributed by atoms with Gasteiger partial charge in [-0.2, -0.15) is 0 Å². The number of aliphatic hydroxyl groups excluding tert-OH is 1. The number of aromatic nitrogens is 1. The van der Waals surface area contributed by atoms with Crippen LogP contribution in [0.5, 0.6) is 11.5 Å². The zero-order valence-electron chi connectivity index (χ0n) is 20.4. The third-order valence-electron chi connectivity index (χ3n) is 5.85. The van der Waals surface area contributed by atoms with Gasteiger partial charge < -0.3 is 24.8 Å². The molecule has 1 amide bonds. The molecule has 4 rings (SSSR count). The molecular weight excluding hydrogens is 515 g/mol. The highest BCUT2D eigenvalue weighted by Crippen LogP contribution is 2.19. The minimum absolute atomic E-state index is 0.109. The maximum absolute atomic E-state index is 12.2. The maximum Gasteiger partial charge on any atom is 0.262 e. The van der Waals surface area contributed by atoms with Crippen molar-refractivity contribution >= 4 is 40.6 Å². The molecule has 1 fully saturated rings. The highest BCUT2D eigenvalue weighted by molar-refractivity contribution is 6.30. The van der Waals surface area contributed by atoms with Crippen molar-refractivity contribution in [1.82, 2.24) is 9.88 Å². The molecule has 1 aliphatic heterocycles. The molecule has 2 N–H and O–H groups in total. The summed E-state index contributed by atoms with van der Waals surface area (Å²) in [6.07, 6.45) is 2.01. The number of aliphatic hydroxyl groups is 1. The molecule has 0 bridgehead atoms. The number of carbonyl (C=O) groups is 1. The number of anilines is 2. The molecule has 0 spiro atoms. The monoisotopic (exact) mass is 544 g/mol. The van der Waals surface area contributed by atoms with E-state index in [4.69, 9.17) is 32.7 Å². The highest BCUT2D eigenvalue weighted by atomic mass is 35.5. The number of nitrogens with zero attached hydrogens (tertiary/aromatic N) is 3.